The van der Waals surface area contributed by atoms with Gasteiger partial charge in [-0.15, -0.1) is 0 Å². The van der Waals surface area contributed by atoms with Crippen molar-refractivity contribution in [3.8, 4) is 0 Å². The molecule has 1 aliphatic heterocycles. The number of rotatable bonds is 6. The van der Waals surface area contributed by atoms with Crippen molar-refractivity contribution in [2.75, 3.05) is 19.7 Å². The molecule has 2 atom stereocenters. The number of hydrogen-bond acceptors (Lipinski definition) is 5. The minimum atomic E-state index is -3.63. The van der Waals surface area contributed by atoms with Crippen LogP contribution >= 0.6 is 11.3 Å². The highest BCUT2D eigenvalue weighted by Crippen LogP contribution is 2.36. The van der Waals surface area contributed by atoms with E-state index in [0.717, 1.165) is 12.1 Å². The Morgan fingerprint density at radius 2 is 2.21 bits per heavy atom. The Balaban J connectivity index is 1.81. The molecule has 2 aromatic rings. The predicted octanol–water partition coefficient (Wildman–Crippen LogP) is 2.00. The van der Waals surface area contributed by atoms with Crippen LogP contribution in [0.4, 0.5) is 0 Å². The van der Waals surface area contributed by atoms with E-state index in [1.165, 1.54) is 4.31 Å². The van der Waals surface area contributed by atoms with Gasteiger partial charge in [0, 0.05) is 44.3 Å². The van der Waals surface area contributed by atoms with Crippen molar-refractivity contribution in [2.45, 2.75) is 31.3 Å². The first-order valence-corrected chi connectivity index (χ1v) is 10.4. The second kappa shape index (κ2) is 6.95. The Labute approximate surface area is 146 Å². The summed E-state index contributed by atoms with van der Waals surface area (Å²) in [6, 6.07) is 2.01. The normalized spacial score (nSPS) is 22.5. The number of hydrogen-bond donors (Lipinski definition) is 1. The molecule has 0 amide bonds. The zero-order chi connectivity index (χ0) is 17.3. The number of aliphatic hydroxyl groups excluding tert-OH is 1. The molecule has 2 aromatic heterocycles. The summed E-state index contributed by atoms with van der Waals surface area (Å²) in [5, 5.41) is 13.8. The summed E-state index contributed by atoms with van der Waals surface area (Å²) in [5.74, 6) is 0.379. The Morgan fingerprint density at radius 3 is 2.83 bits per heavy atom. The van der Waals surface area contributed by atoms with E-state index in [1.54, 1.807) is 23.9 Å². The molecule has 3 heterocycles. The van der Waals surface area contributed by atoms with Crippen LogP contribution in [0.1, 0.15) is 25.3 Å². The average molecular weight is 370 g/mol. The lowest BCUT2D eigenvalue weighted by molar-refractivity contribution is 0.223. The zero-order valence-electron chi connectivity index (χ0n) is 13.9. The summed E-state index contributed by atoms with van der Waals surface area (Å²) in [6.07, 6.45) is 3.17. The van der Waals surface area contributed by atoms with Crippen molar-refractivity contribution in [1.82, 2.24) is 13.9 Å². The third-order valence-electron chi connectivity index (χ3n) is 4.40. The van der Waals surface area contributed by atoms with Crippen LogP contribution in [0.25, 0.3) is 0 Å². The maximum atomic E-state index is 12.9. The van der Waals surface area contributed by atoms with E-state index >= 15 is 0 Å². The van der Waals surface area contributed by atoms with E-state index < -0.39 is 10.0 Å². The molecule has 1 fully saturated rings. The van der Waals surface area contributed by atoms with Crippen molar-refractivity contribution in [3.05, 3.63) is 34.9 Å². The van der Waals surface area contributed by atoms with Gasteiger partial charge in [0.2, 0.25) is 0 Å². The number of aliphatic hydroxyl groups is 1. The number of sulfonamides is 1. The third kappa shape index (κ3) is 3.42. The second-order valence-electron chi connectivity index (χ2n) is 6.73. The van der Waals surface area contributed by atoms with E-state index in [9.17, 15) is 13.5 Å². The van der Waals surface area contributed by atoms with Crippen molar-refractivity contribution >= 4 is 21.4 Å². The highest BCUT2D eigenvalue weighted by molar-refractivity contribution is 7.89. The monoisotopic (exact) mass is 369 g/mol. The van der Waals surface area contributed by atoms with Gasteiger partial charge in [0.1, 0.15) is 0 Å². The summed E-state index contributed by atoms with van der Waals surface area (Å²) in [5.41, 5.74) is 1.10. The average Bonchev–Trinajstić information content (AvgIpc) is 3.26. The molecule has 0 spiro atoms. The van der Waals surface area contributed by atoms with Crippen molar-refractivity contribution in [1.29, 1.82) is 0 Å². The summed E-state index contributed by atoms with van der Waals surface area (Å²) >= 11 is 1.59. The fourth-order valence-corrected chi connectivity index (χ4v) is 5.39. The molecule has 0 unspecified atom stereocenters. The van der Waals surface area contributed by atoms with Gasteiger partial charge in [0.15, 0.2) is 5.03 Å². The quantitative estimate of drug-likeness (QED) is 0.845. The topological polar surface area (TPSA) is 75.4 Å². The molecule has 3 rings (SSSR count). The molecule has 1 N–H and O–H groups in total. The maximum Gasteiger partial charge on any atom is 0.262 e. The van der Waals surface area contributed by atoms with E-state index in [2.05, 4.69) is 18.8 Å². The summed E-state index contributed by atoms with van der Waals surface area (Å²) < 4.78 is 29.0. The van der Waals surface area contributed by atoms with Crippen LogP contribution in [-0.4, -0.2) is 47.1 Å². The van der Waals surface area contributed by atoms with E-state index in [0.29, 0.717) is 19.0 Å². The molecule has 0 aliphatic carbocycles. The van der Waals surface area contributed by atoms with Crippen molar-refractivity contribution < 1.29 is 13.5 Å². The van der Waals surface area contributed by atoms with Crippen LogP contribution in [0.3, 0.4) is 0 Å². The molecule has 0 radical (unpaired) electrons. The Kier molecular flexibility index (Phi) is 5.10. The van der Waals surface area contributed by atoms with Gasteiger partial charge in [-0.25, -0.2) is 13.4 Å². The summed E-state index contributed by atoms with van der Waals surface area (Å²) in [7, 11) is -3.63. The first-order chi connectivity index (χ1) is 11.4. The van der Waals surface area contributed by atoms with Gasteiger partial charge in [-0.2, -0.15) is 15.6 Å². The molecule has 6 nitrogen and oxygen atoms in total. The van der Waals surface area contributed by atoms with Gasteiger partial charge in [0.05, 0.1) is 6.33 Å². The summed E-state index contributed by atoms with van der Waals surface area (Å²) in [4.78, 5) is 4.10. The van der Waals surface area contributed by atoms with Crippen LogP contribution in [0, 0.1) is 11.8 Å². The predicted molar refractivity (Wildman–Crippen MR) is 93.5 cm³/mol. The highest BCUT2D eigenvalue weighted by atomic mass is 32.2. The number of thiophene rings is 1. The maximum absolute atomic E-state index is 12.9. The Bertz CT molecular complexity index is 768. The number of imidazole rings is 1. The van der Waals surface area contributed by atoms with Gasteiger partial charge < -0.3 is 9.67 Å². The molecule has 8 heteroatoms. The van der Waals surface area contributed by atoms with Crippen molar-refractivity contribution in [3.63, 3.8) is 0 Å². The lowest BCUT2D eigenvalue weighted by Gasteiger charge is -2.14. The van der Waals surface area contributed by atoms with E-state index in [4.69, 9.17) is 0 Å². The molecule has 0 saturated carbocycles. The molecule has 1 saturated heterocycles. The fourth-order valence-electron chi connectivity index (χ4n) is 3.20. The van der Waals surface area contributed by atoms with Gasteiger partial charge in [-0.1, -0.05) is 13.8 Å². The molecule has 24 heavy (non-hydrogen) atoms. The van der Waals surface area contributed by atoms with Crippen molar-refractivity contribution in [2.24, 2.45) is 11.8 Å². The standard InChI is InChI=1S/C16H23N3O3S2/c1-12(2)5-18-8-16(17-11-18)24(21,22)19-6-14(9-20)15(7-19)13-3-4-23-10-13/h3-4,8,10-12,14-15,20H,5-7,9H2,1-2H3/t14-,15-/m1/s1. The Hall–Kier alpha value is -1.22. The number of nitrogens with zero attached hydrogens (tertiary/aromatic N) is 3. The van der Waals surface area contributed by atoms with Crippen LogP contribution in [0.2, 0.25) is 0 Å². The van der Waals surface area contributed by atoms with Gasteiger partial charge >= 0.3 is 0 Å². The lowest BCUT2D eigenvalue weighted by atomic mass is 9.92. The SMILES string of the molecule is CC(C)Cn1cnc(S(=O)(=O)N2C[C@H](CO)[C@@H](c3ccsc3)C2)c1. The number of aromatic nitrogens is 2. The smallest absolute Gasteiger partial charge is 0.262 e. The van der Waals surface area contributed by atoms with Gasteiger partial charge in [-0.05, 0) is 28.3 Å². The lowest BCUT2D eigenvalue weighted by Crippen LogP contribution is -2.29. The molecular weight excluding hydrogens is 346 g/mol. The molecule has 1 aliphatic rings. The molecule has 0 aromatic carbocycles. The molecular formula is C16H23N3O3S2. The van der Waals surface area contributed by atoms with Crippen LogP contribution in [0.5, 0.6) is 0 Å². The third-order valence-corrected chi connectivity index (χ3v) is 6.82. The fraction of sp³-hybridized carbons (Fsp3) is 0.562. The minimum Gasteiger partial charge on any atom is -0.396 e. The first kappa shape index (κ1) is 17.6. The van der Waals surface area contributed by atoms with Gasteiger partial charge in [0.25, 0.3) is 10.0 Å². The zero-order valence-corrected chi connectivity index (χ0v) is 15.5. The van der Waals surface area contributed by atoms with Crippen LogP contribution in [-0.2, 0) is 16.6 Å². The van der Waals surface area contributed by atoms with Gasteiger partial charge in [-0.3, -0.25) is 0 Å². The van der Waals surface area contributed by atoms with Crippen LogP contribution < -0.4 is 0 Å². The Morgan fingerprint density at radius 1 is 1.42 bits per heavy atom. The largest absolute Gasteiger partial charge is 0.396 e. The molecule has 0 bridgehead atoms. The molecule has 132 valence electrons. The second-order valence-corrected chi connectivity index (χ2v) is 9.40. The summed E-state index contributed by atoms with van der Waals surface area (Å²) in [6.45, 7) is 5.59. The van der Waals surface area contributed by atoms with Crippen LogP contribution in [0.15, 0.2) is 34.4 Å². The van der Waals surface area contributed by atoms with E-state index in [1.807, 2.05) is 21.4 Å². The van der Waals surface area contributed by atoms with E-state index in [-0.39, 0.29) is 23.5 Å². The highest BCUT2D eigenvalue weighted by Gasteiger charge is 2.40. The minimum absolute atomic E-state index is 0.0195. The first-order valence-electron chi connectivity index (χ1n) is 8.06.